The lowest BCUT2D eigenvalue weighted by molar-refractivity contribution is -0.00148. The van der Waals surface area contributed by atoms with Crippen LogP contribution in [-0.4, -0.2) is 12.1 Å². The molecule has 1 aromatic carbocycles. The molecule has 1 fully saturated rings. The highest BCUT2D eigenvalue weighted by molar-refractivity contribution is 9.10. The van der Waals surface area contributed by atoms with Gasteiger partial charge in [-0.25, -0.2) is 0 Å². The Morgan fingerprint density at radius 3 is 2.81 bits per heavy atom. The fraction of sp³-hybridized carbons (Fsp3) is 0.500. The van der Waals surface area contributed by atoms with E-state index in [9.17, 15) is 0 Å². The molecule has 2 nitrogen and oxygen atoms in total. The van der Waals surface area contributed by atoms with Gasteiger partial charge in [0.2, 0.25) is 0 Å². The first-order chi connectivity index (χ1) is 7.27. The first-order valence-corrected chi connectivity index (χ1v) is 6.25. The highest BCUT2D eigenvalue weighted by Gasteiger charge is 2.40. The monoisotopic (exact) mass is 303 g/mol. The summed E-state index contributed by atoms with van der Waals surface area (Å²) in [7, 11) is 0. The Labute approximate surface area is 110 Å². The average molecular weight is 305 g/mol. The first kappa shape index (κ1) is 12.2. The van der Waals surface area contributed by atoms with Gasteiger partial charge in [-0.2, -0.15) is 0 Å². The van der Waals surface area contributed by atoms with Crippen molar-refractivity contribution in [2.24, 2.45) is 0 Å². The smallest absolute Gasteiger partial charge is 0.124 e. The zero-order valence-corrected chi connectivity index (χ0v) is 11.4. The molecule has 0 unspecified atom stereocenters. The van der Waals surface area contributed by atoms with Crippen molar-refractivity contribution in [1.29, 1.82) is 0 Å². The number of nitrogens with one attached hydrogen (secondary N) is 1. The highest BCUT2D eigenvalue weighted by Crippen LogP contribution is 2.39. The largest absolute Gasteiger partial charge is 0.486 e. The van der Waals surface area contributed by atoms with Crippen molar-refractivity contribution in [2.45, 2.75) is 31.4 Å². The second kappa shape index (κ2) is 4.55. The van der Waals surface area contributed by atoms with Crippen LogP contribution in [0.1, 0.15) is 24.8 Å². The van der Waals surface area contributed by atoms with Gasteiger partial charge in [0.05, 0.1) is 0 Å². The Balaban J connectivity index is 0.000000963. The minimum absolute atomic E-state index is 0. The standard InChI is InChI=1S/C12H14BrNO.ClH/c13-10-2-3-11-9(6-10)7-14-8-12(15-11)4-1-5-12;/h2-3,6,14H,1,4-5,7-8H2;1H. The molecule has 0 atom stereocenters. The second-order valence-corrected chi connectivity index (χ2v) is 5.41. The van der Waals surface area contributed by atoms with Gasteiger partial charge in [0.25, 0.3) is 0 Å². The van der Waals surface area contributed by atoms with E-state index in [1.807, 2.05) is 0 Å². The lowest BCUT2D eigenvalue weighted by Crippen LogP contribution is -2.49. The molecular formula is C12H15BrClNO. The first-order valence-electron chi connectivity index (χ1n) is 5.46. The Bertz CT molecular complexity index is 393. The summed E-state index contributed by atoms with van der Waals surface area (Å²) < 4.78 is 7.27. The second-order valence-electron chi connectivity index (χ2n) is 4.49. The highest BCUT2D eigenvalue weighted by atomic mass is 79.9. The van der Waals surface area contributed by atoms with E-state index in [2.05, 4.69) is 39.4 Å². The summed E-state index contributed by atoms with van der Waals surface area (Å²) in [6.45, 7) is 1.90. The van der Waals surface area contributed by atoms with Gasteiger partial charge in [0.1, 0.15) is 11.4 Å². The van der Waals surface area contributed by atoms with Crippen LogP contribution in [0.4, 0.5) is 0 Å². The molecule has 1 N–H and O–H groups in total. The van der Waals surface area contributed by atoms with E-state index in [0.29, 0.717) is 0 Å². The molecule has 88 valence electrons. The van der Waals surface area contributed by atoms with Crippen LogP contribution in [0.5, 0.6) is 5.75 Å². The zero-order valence-electron chi connectivity index (χ0n) is 8.96. The van der Waals surface area contributed by atoms with Gasteiger partial charge in [-0.15, -0.1) is 12.4 Å². The molecule has 0 amide bonds. The molecule has 16 heavy (non-hydrogen) atoms. The predicted molar refractivity (Wildman–Crippen MR) is 70.3 cm³/mol. The van der Waals surface area contributed by atoms with Crippen LogP contribution >= 0.6 is 28.3 Å². The maximum absolute atomic E-state index is 6.15. The lowest BCUT2D eigenvalue weighted by Gasteiger charge is -2.41. The van der Waals surface area contributed by atoms with E-state index in [1.54, 1.807) is 0 Å². The van der Waals surface area contributed by atoms with Gasteiger partial charge in [-0.3, -0.25) is 0 Å². The van der Waals surface area contributed by atoms with E-state index < -0.39 is 0 Å². The van der Waals surface area contributed by atoms with Crippen molar-refractivity contribution >= 4 is 28.3 Å². The molecule has 1 spiro atoms. The fourth-order valence-corrected chi connectivity index (χ4v) is 2.74. The summed E-state index contributed by atoms with van der Waals surface area (Å²) in [4.78, 5) is 0. The summed E-state index contributed by atoms with van der Waals surface area (Å²) in [5, 5.41) is 3.48. The van der Waals surface area contributed by atoms with Gasteiger partial charge in [-0.1, -0.05) is 15.9 Å². The summed E-state index contributed by atoms with van der Waals surface area (Å²) in [5.74, 6) is 1.06. The van der Waals surface area contributed by atoms with Crippen LogP contribution < -0.4 is 10.1 Å². The molecule has 2 aliphatic rings. The summed E-state index contributed by atoms with van der Waals surface area (Å²) in [6.07, 6.45) is 3.68. The minimum atomic E-state index is 0. The normalized spacial score (nSPS) is 21.1. The third kappa shape index (κ3) is 2.08. The molecule has 0 radical (unpaired) electrons. The van der Waals surface area contributed by atoms with E-state index in [1.165, 1.54) is 24.8 Å². The third-order valence-electron chi connectivity index (χ3n) is 3.38. The van der Waals surface area contributed by atoms with Crippen molar-refractivity contribution in [3.8, 4) is 5.75 Å². The molecule has 1 aliphatic heterocycles. The number of ether oxygens (including phenoxy) is 1. The fourth-order valence-electron chi connectivity index (χ4n) is 2.33. The summed E-state index contributed by atoms with van der Waals surface area (Å²) in [5.41, 5.74) is 1.35. The Hall–Kier alpha value is -0.250. The van der Waals surface area contributed by atoms with Crippen molar-refractivity contribution < 1.29 is 4.74 Å². The SMILES string of the molecule is Brc1ccc2c(c1)CNCC1(CCC1)O2.Cl. The predicted octanol–water partition coefficient (Wildman–Crippen LogP) is 3.28. The molecular weight excluding hydrogens is 289 g/mol. The maximum atomic E-state index is 6.15. The number of fused-ring (bicyclic) bond motifs is 1. The average Bonchev–Trinajstić information content (AvgIpc) is 2.35. The van der Waals surface area contributed by atoms with Crippen molar-refractivity contribution in [3.05, 3.63) is 28.2 Å². The van der Waals surface area contributed by atoms with Crippen molar-refractivity contribution in [3.63, 3.8) is 0 Å². The number of halogens is 2. The van der Waals surface area contributed by atoms with Crippen LogP contribution in [0.3, 0.4) is 0 Å². The maximum Gasteiger partial charge on any atom is 0.124 e. The number of hydrogen-bond acceptors (Lipinski definition) is 2. The molecule has 0 bridgehead atoms. The van der Waals surface area contributed by atoms with Crippen LogP contribution in [0.15, 0.2) is 22.7 Å². The van der Waals surface area contributed by atoms with E-state index >= 15 is 0 Å². The molecule has 1 saturated carbocycles. The van der Waals surface area contributed by atoms with Crippen LogP contribution in [0.2, 0.25) is 0 Å². The van der Waals surface area contributed by atoms with Gasteiger partial charge < -0.3 is 10.1 Å². The Morgan fingerprint density at radius 2 is 2.12 bits per heavy atom. The molecule has 0 aromatic heterocycles. The van der Waals surface area contributed by atoms with E-state index in [0.717, 1.165) is 23.3 Å². The quantitative estimate of drug-likeness (QED) is 0.794. The molecule has 1 aromatic rings. The number of benzene rings is 1. The van der Waals surface area contributed by atoms with Crippen molar-refractivity contribution in [2.75, 3.05) is 6.54 Å². The summed E-state index contributed by atoms with van der Waals surface area (Å²) in [6, 6.07) is 6.27. The number of hydrogen-bond donors (Lipinski definition) is 1. The lowest BCUT2D eigenvalue weighted by atomic mass is 9.80. The molecule has 4 heteroatoms. The van der Waals surface area contributed by atoms with E-state index in [4.69, 9.17) is 4.74 Å². The minimum Gasteiger partial charge on any atom is -0.486 e. The van der Waals surface area contributed by atoms with Crippen LogP contribution in [0, 0.1) is 0 Å². The van der Waals surface area contributed by atoms with E-state index in [-0.39, 0.29) is 18.0 Å². The molecule has 0 saturated heterocycles. The Kier molecular flexibility index (Phi) is 3.48. The molecule has 1 aliphatic carbocycles. The van der Waals surface area contributed by atoms with Gasteiger partial charge in [-0.05, 0) is 37.5 Å². The zero-order chi connectivity index (χ0) is 10.3. The number of rotatable bonds is 0. The molecule has 1 heterocycles. The summed E-state index contributed by atoms with van der Waals surface area (Å²) >= 11 is 3.49. The van der Waals surface area contributed by atoms with Crippen LogP contribution in [0.25, 0.3) is 0 Å². The third-order valence-corrected chi connectivity index (χ3v) is 3.87. The van der Waals surface area contributed by atoms with Crippen molar-refractivity contribution in [1.82, 2.24) is 5.32 Å². The van der Waals surface area contributed by atoms with Gasteiger partial charge in [0.15, 0.2) is 0 Å². The van der Waals surface area contributed by atoms with Crippen LogP contribution in [-0.2, 0) is 6.54 Å². The topological polar surface area (TPSA) is 21.3 Å². The Morgan fingerprint density at radius 1 is 1.31 bits per heavy atom. The van der Waals surface area contributed by atoms with Gasteiger partial charge >= 0.3 is 0 Å². The molecule has 3 rings (SSSR count). The van der Waals surface area contributed by atoms with Gasteiger partial charge in [0, 0.05) is 23.1 Å².